The Hall–Kier alpha value is -3.08. The number of benzene rings is 1. The maximum Gasteiger partial charge on any atom is 0.275 e. The minimum absolute atomic E-state index is 0.0230. The minimum atomic E-state index is -3.63. The van der Waals surface area contributed by atoms with Crippen LogP contribution in [0.25, 0.3) is 0 Å². The molecule has 1 aliphatic carbocycles. The fraction of sp³-hybridized carbons (Fsp3) is 0.400. The zero-order valence-corrected chi connectivity index (χ0v) is 17.9. The van der Waals surface area contributed by atoms with Crippen molar-refractivity contribution >= 4 is 27.3 Å². The summed E-state index contributed by atoms with van der Waals surface area (Å²) in [7, 11) is -2.21. The third-order valence-corrected chi connectivity index (χ3v) is 8.69. The van der Waals surface area contributed by atoms with E-state index in [4.69, 9.17) is 10.5 Å². The zero-order chi connectivity index (χ0) is 22.4. The van der Waals surface area contributed by atoms with Crippen LogP contribution in [0.1, 0.15) is 42.2 Å². The van der Waals surface area contributed by atoms with Crippen molar-refractivity contribution in [3.05, 3.63) is 47.7 Å². The molecule has 1 aliphatic heterocycles. The molecule has 1 atom stereocenters. The first kappa shape index (κ1) is 21.2. The SMILES string of the molecule is COc1cnc(C(=O)Nc2ccc(F)c(C3(C)CS(=O)(=O)C4(CCC4)C(N)=N3)c2)cn1. The molecule has 1 aromatic heterocycles. The summed E-state index contributed by atoms with van der Waals surface area (Å²) in [6, 6.07) is 3.89. The lowest BCUT2D eigenvalue weighted by molar-refractivity contribution is 0.102. The number of nitrogens with two attached hydrogens (primary N) is 1. The van der Waals surface area contributed by atoms with Crippen LogP contribution >= 0.6 is 0 Å². The van der Waals surface area contributed by atoms with Gasteiger partial charge in [-0.25, -0.2) is 22.8 Å². The number of nitrogens with one attached hydrogen (secondary N) is 1. The largest absolute Gasteiger partial charge is 0.480 e. The summed E-state index contributed by atoms with van der Waals surface area (Å²) >= 11 is 0. The number of carbonyl (C=O) groups excluding carboxylic acids is 1. The number of ether oxygens (including phenoxy) is 1. The molecule has 31 heavy (non-hydrogen) atoms. The van der Waals surface area contributed by atoms with E-state index in [-0.39, 0.29) is 34.4 Å². The number of rotatable bonds is 4. The van der Waals surface area contributed by atoms with Gasteiger partial charge in [-0.05, 0) is 44.4 Å². The van der Waals surface area contributed by atoms with Crippen molar-refractivity contribution in [3.8, 4) is 5.88 Å². The number of amidine groups is 1. The molecule has 0 bridgehead atoms. The fourth-order valence-electron chi connectivity index (χ4n) is 4.02. The summed E-state index contributed by atoms with van der Waals surface area (Å²) in [4.78, 5) is 24.8. The maximum atomic E-state index is 14.8. The smallest absolute Gasteiger partial charge is 0.275 e. The molecule has 1 spiro atoms. The normalized spacial score (nSPS) is 23.5. The van der Waals surface area contributed by atoms with E-state index in [1.54, 1.807) is 0 Å². The quantitative estimate of drug-likeness (QED) is 0.729. The lowest BCUT2D eigenvalue weighted by Gasteiger charge is -2.46. The Morgan fingerprint density at radius 1 is 1.26 bits per heavy atom. The molecule has 0 saturated heterocycles. The maximum absolute atomic E-state index is 14.8. The van der Waals surface area contributed by atoms with Crippen molar-refractivity contribution in [1.29, 1.82) is 0 Å². The number of aromatic nitrogens is 2. The van der Waals surface area contributed by atoms with Crippen molar-refractivity contribution in [2.24, 2.45) is 10.7 Å². The van der Waals surface area contributed by atoms with Crippen molar-refractivity contribution in [2.75, 3.05) is 18.2 Å². The van der Waals surface area contributed by atoms with Crippen molar-refractivity contribution in [2.45, 2.75) is 36.5 Å². The molecule has 2 aliphatic rings. The lowest BCUT2D eigenvalue weighted by atomic mass is 9.82. The van der Waals surface area contributed by atoms with Gasteiger partial charge >= 0.3 is 0 Å². The average Bonchev–Trinajstić information content (AvgIpc) is 2.67. The molecular weight excluding hydrogens is 425 g/mol. The summed E-state index contributed by atoms with van der Waals surface area (Å²) in [5.74, 6) is -1.29. The number of amides is 1. The lowest BCUT2D eigenvalue weighted by Crippen LogP contribution is -2.61. The van der Waals surface area contributed by atoms with E-state index in [0.717, 1.165) is 12.5 Å². The number of nitrogens with zero attached hydrogens (tertiary/aromatic N) is 3. The van der Waals surface area contributed by atoms with Crippen LogP contribution in [0.3, 0.4) is 0 Å². The molecule has 1 unspecified atom stereocenters. The fourth-order valence-corrected chi connectivity index (χ4v) is 6.53. The van der Waals surface area contributed by atoms with Crippen LogP contribution in [0.4, 0.5) is 10.1 Å². The monoisotopic (exact) mass is 447 g/mol. The molecule has 1 saturated carbocycles. The van der Waals surface area contributed by atoms with Crippen LogP contribution in [0.5, 0.6) is 5.88 Å². The van der Waals surface area contributed by atoms with Crippen LogP contribution in [0.15, 0.2) is 35.6 Å². The van der Waals surface area contributed by atoms with E-state index in [2.05, 4.69) is 20.3 Å². The second kappa shape index (κ2) is 7.26. The molecule has 4 rings (SSSR count). The molecule has 3 N–H and O–H groups in total. The first-order valence-electron chi connectivity index (χ1n) is 9.66. The van der Waals surface area contributed by atoms with Crippen LogP contribution in [0, 0.1) is 5.82 Å². The zero-order valence-electron chi connectivity index (χ0n) is 17.1. The number of halogens is 1. The van der Waals surface area contributed by atoms with E-state index in [1.165, 1.54) is 38.6 Å². The van der Waals surface area contributed by atoms with Gasteiger partial charge < -0.3 is 15.8 Å². The highest BCUT2D eigenvalue weighted by Gasteiger charge is 2.58. The van der Waals surface area contributed by atoms with Crippen LogP contribution < -0.4 is 15.8 Å². The van der Waals surface area contributed by atoms with Gasteiger partial charge in [-0.3, -0.25) is 9.79 Å². The molecule has 2 aromatic rings. The van der Waals surface area contributed by atoms with Crippen molar-refractivity contribution in [1.82, 2.24) is 9.97 Å². The van der Waals surface area contributed by atoms with Crippen LogP contribution in [-0.2, 0) is 15.4 Å². The molecule has 11 heteroatoms. The molecule has 1 fully saturated rings. The number of sulfone groups is 1. The average molecular weight is 447 g/mol. The first-order valence-corrected chi connectivity index (χ1v) is 11.3. The first-order chi connectivity index (χ1) is 14.6. The third-order valence-electron chi connectivity index (χ3n) is 5.94. The number of hydrogen-bond donors (Lipinski definition) is 2. The Balaban J connectivity index is 1.65. The Bertz CT molecular complexity index is 1180. The van der Waals surface area contributed by atoms with E-state index < -0.39 is 31.8 Å². The summed E-state index contributed by atoms with van der Waals surface area (Å²) in [6.07, 6.45) is 4.17. The predicted molar refractivity (Wildman–Crippen MR) is 112 cm³/mol. The van der Waals surface area contributed by atoms with E-state index in [9.17, 15) is 17.6 Å². The number of hydrogen-bond acceptors (Lipinski definition) is 8. The van der Waals surface area contributed by atoms with Crippen LogP contribution in [0.2, 0.25) is 0 Å². The third kappa shape index (κ3) is 3.42. The number of methoxy groups -OCH3 is 1. The predicted octanol–water partition coefficient (Wildman–Crippen LogP) is 1.80. The van der Waals surface area contributed by atoms with Crippen molar-refractivity contribution in [3.63, 3.8) is 0 Å². The Morgan fingerprint density at radius 2 is 2.00 bits per heavy atom. The molecule has 164 valence electrons. The molecule has 9 nitrogen and oxygen atoms in total. The van der Waals surface area contributed by atoms with Gasteiger partial charge in [0.2, 0.25) is 5.88 Å². The topological polar surface area (TPSA) is 137 Å². The van der Waals surface area contributed by atoms with Gasteiger partial charge in [0.25, 0.3) is 5.91 Å². The number of anilines is 1. The molecule has 2 heterocycles. The molecule has 1 amide bonds. The summed E-state index contributed by atoms with van der Waals surface area (Å²) < 4.78 is 44.6. The highest BCUT2D eigenvalue weighted by Crippen LogP contribution is 2.47. The Labute approximate surface area is 178 Å². The second-order valence-electron chi connectivity index (χ2n) is 7.97. The summed E-state index contributed by atoms with van der Waals surface area (Å²) in [5.41, 5.74) is 5.01. The second-order valence-corrected chi connectivity index (χ2v) is 10.3. The van der Waals surface area contributed by atoms with Gasteiger partial charge in [0, 0.05) is 11.3 Å². The summed E-state index contributed by atoms with van der Waals surface area (Å²) in [5, 5.41) is 2.61. The molecule has 0 radical (unpaired) electrons. The van der Waals surface area contributed by atoms with E-state index in [0.29, 0.717) is 12.8 Å². The van der Waals surface area contributed by atoms with E-state index >= 15 is 0 Å². The Morgan fingerprint density at radius 3 is 2.55 bits per heavy atom. The standard InChI is InChI=1S/C20H22FN5O4S/c1-19(11-31(28,29)20(6-3-7-20)18(22)26-19)13-8-12(4-5-14(13)21)25-17(27)15-9-24-16(30-2)10-23-15/h4-5,8-10H,3,6-7,11H2,1-2H3,(H2,22,26)(H,25,27). The van der Waals surface area contributed by atoms with Gasteiger partial charge in [-0.1, -0.05) is 0 Å². The van der Waals surface area contributed by atoms with Crippen molar-refractivity contribution < 1.29 is 22.3 Å². The van der Waals surface area contributed by atoms with Gasteiger partial charge in [-0.15, -0.1) is 0 Å². The highest BCUT2D eigenvalue weighted by molar-refractivity contribution is 7.93. The number of aliphatic imine (C=N–C) groups is 1. The van der Waals surface area contributed by atoms with Gasteiger partial charge in [0.1, 0.15) is 27.6 Å². The Kier molecular flexibility index (Phi) is 4.95. The number of carbonyl (C=O) groups is 1. The molecule has 1 aromatic carbocycles. The summed E-state index contributed by atoms with van der Waals surface area (Å²) in [6.45, 7) is 1.53. The van der Waals surface area contributed by atoms with Crippen LogP contribution in [-0.4, -0.2) is 47.7 Å². The molecular formula is C20H22FN5O4S. The minimum Gasteiger partial charge on any atom is -0.480 e. The van der Waals surface area contributed by atoms with Gasteiger partial charge in [-0.2, -0.15) is 0 Å². The van der Waals surface area contributed by atoms with Gasteiger partial charge in [0.15, 0.2) is 9.84 Å². The van der Waals surface area contributed by atoms with E-state index in [1.807, 2.05) is 0 Å². The highest BCUT2D eigenvalue weighted by atomic mass is 32.2. The van der Waals surface area contributed by atoms with Gasteiger partial charge in [0.05, 0.1) is 25.3 Å².